The lowest BCUT2D eigenvalue weighted by molar-refractivity contribution is 0.186. The number of ether oxygens (including phenoxy) is 1. The number of rotatable bonds is 5. The van der Waals surface area contributed by atoms with Crippen molar-refractivity contribution < 1.29 is 13.7 Å². The molecule has 9 nitrogen and oxygen atoms in total. The van der Waals surface area contributed by atoms with Gasteiger partial charge in [-0.1, -0.05) is 12.5 Å². The Bertz CT molecular complexity index is 1350. The molecule has 1 atom stereocenters. The largest absolute Gasteiger partial charge is 0.453 e. The SMILES string of the molecule is COC(=O)Nc1ncc(-c2cc(-c3ccccn3)c3c(N)c(S(=O)C4CCC4)sc3n2)cn1. The smallest absolute Gasteiger partial charge is 0.413 e. The summed E-state index contributed by atoms with van der Waals surface area (Å²) in [5.41, 5.74) is 9.86. The lowest BCUT2D eigenvalue weighted by atomic mass is 10.0. The molecular weight excluding hydrogens is 460 g/mol. The fourth-order valence-corrected chi connectivity index (χ4v) is 6.74. The number of nitrogens with one attached hydrogen (secondary N) is 1. The molecule has 33 heavy (non-hydrogen) atoms. The van der Waals surface area contributed by atoms with Crippen molar-refractivity contribution in [2.24, 2.45) is 0 Å². The van der Waals surface area contributed by atoms with Gasteiger partial charge in [0.25, 0.3) is 0 Å². The van der Waals surface area contributed by atoms with E-state index in [9.17, 15) is 9.00 Å². The summed E-state index contributed by atoms with van der Waals surface area (Å²) < 4.78 is 18.3. The summed E-state index contributed by atoms with van der Waals surface area (Å²) >= 11 is 1.36. The zero-order valence-electron chi connectivity index (χ0n) is 17.6. The van der Waals surface area contributed by atoms with E-state index in [2.05, 4.69) is 25.0 Å². The molecule has 1 amide bonds. The summed E-state index contributed by atoms with van der Waals surface area (Å²) in [6.45, 7) is 0. The Balaban J connectivity index is 1.63. The Labute approximate surface area is 195 Å². The minimum absolute atomic E-state index is 0.121. The first-order chi connectivity index (χ1) is 16.0. The highest BCUT2D eigenvalue weighted by atomic mass is 32.2. The number of hydrogen-bond donors (Lipinski definition) is 2. The molecule has 1 fully saturated rings. The van der Waals surface area contributed by atoms with Gasteiger partial charge in [-0.15, -0.1) is 11.3 Å². The van der Waals surface area contributed by atoms with Gasteiger partial charge in [0.05, 0.1) is 35.0 Å². The molecule has 0 radical (unpaired) electrons. The second kappa shape index (κ2) is 8.83. The third-order valence-corrected chi connectivity index (χ3v) is 8.79. The Morgan fingerprint density at radius 1 is 1.21 bits per heavy atom. The zero-order chi connectivity index (χ0) is 22.9. The van der Waals surface area contributed by atoms with Crippen LogP contribution in [0.15, 0.2) is 47.1 Å². The molecule has 3 N–H and O–H groups in total. The summed E-state index contributed by atoms with van der Waals surface area (Å²) in [5, 5.41) is 3.33. The van der Waals surface area contributed by atoms with E-state index in [1.54, 1.807) is 18.6 Å². The van der Waals surface area contributed by atoms with Crippen LogP contribution in [0, 0.1) is 0 Å². The molecule has 1 aliphatic carbocycles. The molecule has 0 spiro atoms. The lowest BCUT2D eigenvalue weighted by Crippen LogP contribution is -2.23. The number of carbonyl (C=O) groups excluding carboxylic acids is 1. The number of pyridine rings is 2. The fourth-order valence-electron chi connectivity index (χ4n) is 3.53. The normalized spacial score (nSPS) is 14.6. The lowest BCUT2D eigenvalue weighted by Gasteiger charge is -2.23. The minimum atomic E-state index is -1.15. The number of fused-ring (bicyclic) bond motifs is 1. The van der Waals surface area contributed by atoms with E-state index >= 15 is 0 Å². The first-order valence-corrected chi connectivity index (χ1v) is 12.3. The summed E-state index contributed by atoms with van der Waals surface area (Å²) in [6.07, 6.45) is 7.21. The Morgan fingerprint density at radius 2 is 2.00 bits per heavy atom. The van der Waals surface area contributed by atoms with Crippen LogP contribution in [-0.4, -0.2) is 42.6 Å². The van der Waals surface area contributed by atoms with Crippen LogP contribution in [0.2, 0.25) is 0 Å². The fraction of sp³-hybridized carbons (Fsp3) is 0.227. The number of methoxy groups -OCH3 is 1. The molecular formula is C22H20N6O3S2. The molecule has 0 aromatic carbocycles. The van der Waals surface area contributed by atoms with Gasteiger partial charge >= 0.3 is 6.09 Å². The van der Waals surface area contributed by atoms with Crippen LogP contribution in [-0.2, 0) is 15.5 Å². The van der Waals surface area contributed by atoms with Crippen molar-refractivity contribution in [3.8, 4) is 22.5 Å². The standard InChI is InChI=1S/C22H20N6O3S2/c1-31-22(29)28-21-25-10-12(11-26-21)16-9-14(15-7-2-3-8-24-15)17-18(23)20(32-19(17)27-16)33(30)13-5-4-6-13/h2-3,7-11,13H,4-6,23H2,1H3,(H,25,26,28,29). The highest BCUT2D eigenvalue weighted by Crippen LogP contribution is 2.44. The Hall–Kier alpha value is -3.44. The van der Waals surface area contributed by atoms with Crippen molar-refractivity contribution in [2.45, 2.75) is 28.7 Å². The molecule has 5 rings (SSSR count). The number of anilines is 2. The summed E-state index contributed by atoms with van der Waals surface area (Å²) in [5.74, 6) is 0.121. The maximum atomic E-state index is 13.1. The third kappa shape index (κ3) is 4.05. The number of amides is 1. The van der Waals surface area contributed by atoms with Gasteiger partial charge < -0.3 is 10.5 Å². The molecule has 4 heterocycles. The van der Waals surface area contributed by atoms with Crippen molar-refractivity contribution in [1.29, 1.82) is 0 Å². The first kappa shape index (κ1) is 21.4. The highest BCUT2D eigenvalue weighted by Gasteiger charge is 2.29. The predicted octanol–water partition coefficient (Wildman–Crippen LogP) is 4.24. The highest BCUT2D eigenvalue weighted by molar-refractivity contribution is 7.88. The van der Waals surface area contributed by atoms with Crippen LogP contribution in [0.1, 0.15) is 19.3 Å². The van der Waals surface area contributed by atoms with Gasteiger partial charge in [-0.05, 0) is 31.0 Å². The van der Waals surface area contributed by atoms with E-state index in [-0.39, 0.29) is 11.2 Å². The average molecular weight is 481 g/mol. The van der Waals surface area contributed by atoms with Crippen molar-refractivity contribution in [3.63, 3.8) is 0 Å². The quantitative estimate of drug-likeness (QED) is 0.433. The number of nitrogen functional groups attached to an aromatic ring is 1. The van der Waals surface area contributed by atoms with Gasteiger partial charge in [0.2, 0.25) is 5.95 Å². The number of hydrogen-bond acceptors (Lipinski definition) is 9. The maximum absolute atomic E-state index is 13.1. The monoisotopic (exact) mass is 480 g/mol. The number of nitrogens with two attached hydrogens (primary N) is 1. The van der Waals surface area contributed by atoms with Crippen LogP contribution in [0.3, 0.4) is 0 Å². The Morgan fingerprint density at radius 3 is 2.64 bits per heavy atom. The van der Waals surface area contributed by atoms with Crippen LogP contribution in [0.25, 0.3) is 32.7 Å². The van der Waals surface area contributed by atoms with E-state index in [4.69, 9.17) is 10.7 Å². The average Bonchev–Trinajstić information content (AvgIpc) is 3.15. The zero-order valence-corrected chi connectivity index (χ0v) is 19.3. The Kier molecular flexibility index (Phi) is 5.73. The molecule has 168 valence electrons. The first-order valence-electron chi connectivity index (χ1n) is 10.3. The topological polar surface area (TPSA) is 133 Å². The van der Waals surface area contributed by atoms with Gasteiger partial charge in [-0.3, -0.25) is 14.5 Å². The predicted molar refractivity (Wildman–Crippen MR) is 128 cm³/mol. The van der Waals surface area contributed by atoms with E-state index in [1.165, 1.54) is 18.4 Å². The molecule has 11 heteroatoms. The molecule has 1 unspecified atom stereocenters. The van der Waals surface area contributed by atoms with Crippen LogP contribution < -0.4 is 11.1 Å². The minimum Gasteiger partial charge on any atom is -0.453 e. The summed E-state index contributed by atoms with van der Waals surface area (Å²) in [7, 11) is 0.110. The van der Waals surface area contributed by atoms with E-state index < -0.39 is 16.9 Å². The van der Waals surface area contributed by atoms with E-state index in [1.807, 2.05) is 24.3 Å². The van der Waals surface area contributed by atoms with Gasteiger partial charge in [0.1, 0.15) is 9.04 Å². The van der Waals surface area contributed by atoms with Crippen LogP contribution >= 0.6 is 11.3 Å². The van der Waals surface area contributed by atoms with Crippen molar-refractivity contribution >= 4 is 50.1 Å². The van der Waals surface area contributed by atoms with Crippen molar-refractivity contribution in [2.75, 3.05) is 18.2 Å². The summed E-state index contributed by atoms with van der Waals surface area (Å²) in [4.78, 5) is 29.7. The second-order valence-corrected chi connectivity index (χ2v) is 10.4. The van der Waals surface area contributed by atoms with Crippen LogP contribution in [0.4, 0.5) is 16.4 Å². The molecule has 0 saturated heterocycles. The van der Waals surface area contributed by atoms with E-state index in [0.717, 1.165) is 35.9 Å². The molecule has 1 aliphatic rings. The molecule has 4 aromatic heterocycles. The molecule has 0 aliphatic heterocycles. The molecule has 4 aromatic rings. The molecule has 1 saturated carbocycles. The van der Waals surface area contributed by atoms with E-state index in [0.29, 0.717) is 26.0 Å². The maximum Gasteiger partial charge on any atom is 0.413 e. The van der Waals surface area contributed by atoms with Gasteiger partial charge in [0.15, 0.2) is 0 Å². The van der Waals surface area contributed by atoms with Gasteiger partial charge in [0, 0.05) is 40.4 Å². The van der Waals surface area contributed by atoms with Crippen molar-refractivity contribution in [1.82, 2.24) is 19.9 Å². The molecule has 0 bridgehead atoms. The van der Waals surface area contributed by atoms with Gasteiger partial charge in [-0.25, -0.2) is 19.7 Å². The number of carbonyl (C=O) groups is 1. The van der Waals surface area contributed by atoms with Crippen LogP contribution in [0.5, 0.6) is 0 Å². The second-order valence-electron chi connectivity index (χ2n) is 7.52. The third-order valence-electron chi connectivity index (χ3n) is 5.49. The number of aromatic nitrogens is 4. The van der Waals surface area contributed by atoms with Crippen molar-refractivity contribution in [3.05, 3.63) is 42.9 Å². The number of thiophene rings is 1. The number of nitrogens with zero attached hydrogens (tertiary/aromatic N) is 4. The van der Waals surface area contributed by atoms with Gasteiger partial charge in [-0.2, -0.15) is 0 Å². The summed E-state index contributed by atoms with van der Waals surface area (Å²) in [6, 6.07) is 7.53.